The van der Waals surface area contributed by atoms with Crippen LogP contribution in [0.15, 0.2) is 18.3 Å². The average molecular weight is 168 g/mol. The summed E-state index contributed by atoms with van der Waals surface area (Å²) in [6.45, 7) is 2.05. The zero-order valence-corrected chi connectivity index (χ0v) is 7.13. The van der Waals surface area contributed by atoms with Crippen LogP contribution in [0.1, 0.15) is 31.4 Å². The van der Waals surface area contributed by atoms with E-state index in [1.807, 2.05) is 0 Å². The molecule has 3 heteroatoms. The maximum absolute atomic E-state index is 12.6. The van der Waals surface area contributed by atoms with Gasteiger partial charge in [-0.25, -0.2) is 4.98 Å². The first-order valence-electron chi connectivity index (χ1n) is 4.11. The number of nitrogens with zero attached hydrogens (tertiary/aromatic N) is 1. The first-order valence-corrected chi connectivity index (χ1v) is 4.11. The van der Waals surface area contributed by atoms with Crippen molar-refractivity contribution in [1.29, 1.82) is 0 Å². The van der Waals surface area contributed by atoms with Crippen LogP contribution in [0.4, 0.5) is 4.39 Å². The minimum absolute atomic E-state index is 0.0625. The molecule has 0 aliphatic rings. The van der Waals surface area contributed by atoms with Crippen LogP contribution in [0.5, 0.6) is 0 Å². The van der Waals surface area contributed by atoms with Crippen LogP contribution >= 0.6 is 0 Å². The minimum Gasteiger partial charge on any atom is -0.324 e. The first-order chi connectivity index (χ1) is 5.74. The molecule has 0 saturated heterocycles. The highest BCUT2D eigenvalue weighted by molar-refractivity contribution is 5.14. The van der Waals surface area contributed by atoms with E-state index in [-0.39, 0.29) is 6.04 Å². The number of aromatic nitrogens is 1. The van der Waals surface area contributed by atoms with Crippen molar-refractivity contribution in [3.63, 3.8) is 0 Å². The van der Waals surface area contributed by atoms with E-state index in [0.717, 1.165) is 18.4 Å². The third kappa shape index (κ3) is 2.27. The second-order valence-corrected chi connectivity index (χ2v) is 2.81. The number of pyridine rings is 1. The first kappa shape index (κ1) is 9.13. The zero-order valence-electron chi connectivity index (χ0n) is 7.13. The number of halogens is 1. The van der Waals surface area contributed by atoms with Crippen LogP contribution in [-0.4, -0.2) is 4.98 Å². The number of hydrogen-bond donors (Lipinski definition) is 1. The highest BCUT2D eigenvalue weighted by atomic mass is 19.1. The van der Waals surface area contributed by atoms with Crippen LogP contribution < -0.4 is 5.73 Å². The van der Waals surface area contributed by atoms with Gasteiger partial charge in [0, 0.05) is 12.2 Å². The standard InChI is InChI=1S/C9H13FN2/c1-2-3-8(11)7-4-5-12-9(10)6-7/h4-6,8H,2-3,11H2,1H3. The fraction of sp³-hybridized carbons (Fsp3) is 0.444. The Morgan fingerprint density at radius 1 is 1.67 bits per heavy atom. The molecule has 2 nitrogen and oxygen atoms in total. The molecule has 0 aliphatic heterocycles. The minimum atomic E-state index is -0.459. The van der Waals surface area contributed by atoms with Crippen LogP contribution in [0.25, 0.3) is 0 Å². The molecular weight excluding hydrogens is 155 g/mol. The summed E-state index contributed by atoms with van der Waals surface area (Å²) in [5, 5.41) is 0. The van der Waals surface area contributed by atoms with Crippen molar-refractivity contribution >= 4 is 0 Å². The molecule has 0 saturated carbocycles. The lowest BCUT2D eigenvalue weighted by molar-refractivity contribution is 0.570. The predicted molar refractivity (Wildman–Crippen MR) is 46.0 cm³/mol. The lowest BCUT2D eigenvalue weighted by Gasteiger charge is -2.09. The lowest BCUT2D eigenvalue weighted by atomic mass is 10.1. The molecule has 1 rings (SSSR count). The normalized spacial score (nSPS) is 12.9. The highest BCUT2D eigenvalue weighted by Gasteiger charge is 2.04. The van der Waals surface area contributed by atoms with E-state index < -0.39 is 5.95 Å². The van der Waals surface area contributed by atoms with E-state index in [4.69, 9.17) is 5.73 Å². The summed E-state index contributed by atoms with van der Waals surface area (Å²) in [4.78, 5) is 3.46. The highest BCUT2D eigenvalue weighted by Crippen LogP contribution is 2.14. The molecule has 0 fully saturated rings. The molecule has 1 heterocycles. The second kappa shape index (κ2) is 4.16. The van der Waals surface area contributed by atoms with Gasteiger partial charge in [-0.3, -0.25) is 0 Å². The van der Waals surface area contributed by atoms with E-state index in [0.29, 0.717) is 0 Å². The van der Waals surface area contributed by atoms with Crippen LogP contribution in [0.3, 0.4) is 0 Å². The Hall–Kier alpha value is -0.960. The molecule has 1 aromatic heterocycles. The van der Waals surface area contributed by atoms with Gasteiger partial charge in [-0.2, -0.15) is 4.39 Å². The second-order valence-electron chi connectivity index (χ2n) is 2.81. The van der Waals surface area contributed by atoms with Gasteiger partial charge < -0.3 is 5.73 Å². The van der Waals surface area contributed by atoms with Crippen molar-refractivity contribution < 1.29 is 4.39 Å². The van der Waals surface area contributed by atoms with E-state index in [9.17, 15) is 4.39 Å². The SMILES string of the molecule is CCCC(N)c1ccnc(F)c1. The Balaban J connectivity index is 2.73. The van der Waals surface area contributed by atoms with E-state index in [1.165, 1.54) is 12.3 Å². The fourth-order valence-electron chi connectivity index (χ4n) is 1.13. The Bertz CT molecular complexity index is 250. The van der Waals surface area contributed by atoms with Gasteiger partial charge >= 0.3 is 0 Å². The smallest absolute Gasteiger partial charge is 0.213 e. The molecule has 66 valence electrons. The Morgan fingerprint density at radius 3 is 3.00 bits per heavy atom. The molecule has 1 unspecified atom stereocenters. The summed E-state index contributed by atoms with van der Waals surface area (Å²) in [5.74, 6) is -0.459. The van der Waals surface area contributed by atoms with Crippen molar-refractivity contribution in [2.75, 3.05) is 0 Å². The van der Waals surface area contributed by atoms with Crippen molar-refractivity contribution in [2.45, 2.75) is 25.8 Å². The Kier molecular flexibility index (Phi) is 3.17. The topological polar surface area (TPSA) is 38.9 Å². The largest absolute Gasteiger partial charge is 0.324 e. The van der Waals surface area contributed by atoms with Crippen LogP contribution in [0.2, 0.25) is 0 Å². The van der Waals surface area contributed by atoms with Gasteiger partial charge in [-0.1, -0.05) is 13.3 Å². The van der Waals surface area contributed by atoms with Crippen molar-refractivity contribution in [3.8, 4) is 0 Å². The van der Waals surface area contributed by atoms with Crippen LogP contribution in [0, 0.1) is 5.95 Å². The molecule has 2 N–H and O–H groups in total. The van der Waals surface area contributed by atoms with Gasteiger partial charge in [0.2, 0.25) is 5.95 Å². The van der Waals surface area contributed by atoms with Crippen molar-refractivity contribution in [3.05, 3.63) is 29.8 Å². The zero-order chi connectivity index (χ0) is 8.97. The van der Waals surface area contributed by atoms with Crippen molar-refractivity contribution in [2.24, 2.45) is 5.73 Å². The number of hydrogen-bond acceptors (Lipinski definition) is 2. The van der Waals surface area contributed by atoms with Gasteiger partial charge in [0.15, 0.2) is 0 Å². The summed E-state index contributed by atoms with van der Waals surface area (Å²) >= 11 is 0. The summed E-state index contributed by atoms with van der Waals surface area (Å²) < 4.78 is 12.6. The van der Waals surface area contributed by atoms with Gasteiger partial charge in [0.1, 0.15) is 0 Å². The third-order valence-corrected chi connectivity index (χ3v) is 1.78. The molecule has 0 bridgehead atoms. The number of nitrogens with two attached hydrogens (primary N) is 1. The molecule has 0 aromatic carbocycles. The van der Waals surface area contributed by atoms with Gasteiger partial charge in [-0.05, 0) is 24.1 Å². The summed E-state index contributed by atoms with van der Waals surface area (Å²) in [5.41, 5.74) is 6.60. The number of rotatable bonds is 3. The summed E-state index contributed by atoms with van der Waals surface area (Å²) in [6.07, 6.45) is 3.33. The Morgan fingerprint density at radius 2 is 2.42 bits per heavy atom. The fourth-order valence-corrected chi connectivity index (χ4v) is 1.13. The van der Waals surface area contributed by atoms with Gasteiger partial charge in [-0.15, -0.1) is 0 Å². The van der Waals surface area contributed by atoms with E-state index in [1.54, 1.807) is 6.07 Å². The van der Waals surface area contributed by atoms with Gasteiger partial charge in [0.05, 0.1) is 0 Å². The predicted octanol–water partition coefficient (Wildman–Crippen LogP) is 2.02. The van der Waals surface area contributed by atoms with E-state index in [2.05, 4.69) is 11.9 Å². The Labute approximate surface area is 71.6 Å². The van der Waals surface area contributed by atoms with E-state index >= 15 is 0 Å². The monoisotopic (exact) mass is 168 g/mol. The van der Waals surface area contributed by atoms with Gasteiger partial charge in [0.25, 0.3) is 0 Å². The molecular formula is C9H13FN2. The molecule has 1 atom stereocenters. The quantitative estimate of drug-likeness (QED) is 0.701. The maximum Gasteiger partial charge on any atom is 0.213 e. The van der Waals surface area contributed by atoms with Crippen molar-refractivity contribution in [1.82, 2.24) is 4.98 Å². The molecule has 0 amide bonds. The molecule has 12 heavy (non-hydrogen) atoms. The summed E-state index contributed by atoms with van der Waals surface area (Å²) in [7, 11) is 0. The summed E-state index contributed by atoms with van der Waals surface area (Å²) in [6, 6.07) is 3.08. The third-order valence-electron chi connectivity index (χ3n) is 1.78. The lowest BCUT2D eigenvalue weighted by Crippen LogP contribution is -2.10. The average Bonchev–Trinajstić information content (AvgIpc) is 2.05. The molecule has 1 aromatic rings. The molecule has 0 aliphatic carbocycles. The van der Waals surface area contributed by atoms with Crippen LogP contribution in [-0.2, 0) is 0 Å². The molecule has 0 radical (unpaired) electrons. The molecule has 0 spiro atoms. The maximum atomic E-state index is 12.6.